The Labute approximate surface area is 171 Å². The summed E-state index contributed by atoms with van der Waals surface area (Å²) in [6.45, 7) is 3.93. The first kappa shape index (κ1) is 18.4. The summed E-state index contributed by atoms with van der Waals surface area (Å²) in [5.41, 5.74) is 4.39. The zero-order valence-corrected chi connectivity index (χ0v) is 16.9. The summed E-state index contributed by atoms with van der Waals surface area (Å²) in [6.07, 6.45) is 0. The summed E-state index contributed by atoms with van der Waals surface area (Å²) in [5.74, 6) is 0.311. The molecule has 5 nitrogen and oxygen atoms in total. The van der Waals surface area contributed by atoms with Gasteiger partial charge in [-0.05, 0) is 32.0 Å². The second-order valence-electron chi connectivity index (χ2n) is 6.43. The fraction of sp³-hybridized carbons (Fsp3) is 0.0952. The molecule has 0 unspecified atom stereocenters. The van der Waals surface area contributed by atoms with E-state index in [9.17, 15) is 4.79 Å². The molecule has 28 heavy (non-hydrogen) atoms. The van der Waals surface area contributed by atoms with Crippen molar-refractivity contribution in [1.82, 2.24) is 14.8 Å². The van der Waals surface area contributed by atoms with Crippen molar-refractivity contribution in [3.63, 3.8) is 0 Å². The molecule has 0 aliphatic carbocycles. The first-order valence-corrected chi connectivity index (χ1v) is 9.92. The topological polar surface area (TPSA) is 59.8 Å². The van der Waals surface area contributed by atoms with Crippen molar-refractivity contribution >= 4 is 34.7 Å². The van der Waals surface area contributed by atoms with Crippen molar-refractivity contribution in [1.29, 1.82) is 0 Å². The van der Waals surface area contributed by atoms with E-state index in [0.29, 0.717) is 21.5 Å². The molecule has 0 spiro atoms. The predicted molar refractivity (Wildman–Crippen MR) is 114 cm³/mol. The number of carbonyl (C=O) groups excluding carboxylic acids is 1. The SMILES string of the molecule is Cc1ccc(-c2csc(-n3nc(C)cc3NC(=O)c3cccc(Cl)c3)n2)cc1. The average molecular weight is 409 g/mol. The maximum Gasteiger partial charge on any atom is 0.256 e. The summed E-state index contributed by atoms with van der Waals surface area (Å²) in [4.78, 5) is 17.3. The summed E-state index contributed by atoms with van der Waals surface area (Å²) >= 11 is 7.46. The van der Waals surface area contributed by atoms with Gasteiger partial charge >= 0.3 is 0 Å². The highest BCUT2D eigenvalue weighted by Gasteiger charge is 2.15. The number of aryl methyl sites for hydroxylation is 2. The van der Waals surface area contributed by atoms with E-state index >= 15 is 0 Å². The van der Waals surface area contributed by atoms with Gasteiger partial charge in [0, 0.05) is 27.6 Å². The van der Waals surface area contributed by atoms with Gasteiger partial charge in [0.2, 0.25) is 5.13 Å². The number of amides is 1. The van der Waals surface area contributed by atoms with E-state index in [2.05, 4.69) is 29.5 Å². The summed E-state index contributed by atoms with van der Waals surface area (Å²) in [7, 11) is 0. The molecular formula is C21H17ClN4OS. The number of nitrogens with one attached hydrogen (secondary N) is 1. The Morgan fingerprint density at radius 3 is 2.64 bits per heavy atom. The van der Waals surface area contributed by atoms with E-state index in [1.807, 2.05) is 30.5 Å². The standard InChI is InChI=1S/C21H17ClN4OS/c1-13-6-8-15(9-7-13)18-12-28-21(23-18)26-19(10-14(2)25-26)24-20(27)16-4-3-5-17(22)11-16/h3-12H,1-2H3,(H,24,27). The van der Waals surface area contributed by atoms with Crippen LogP contribution in [0.1, 0.15) is 21.6 Å². The lowest BCUT2D eigenvalue weighted by atomic mass is 10.1. The number of nitrogens with zero attached hydrogens (tertiary/aromatic N) is 3. The molecule has 7 heteroatoms. The van der Waals surface area contributed by atoms with E-state index in [4.69, 9.17) is 16.6 Å². The fourth-order valence-corrected chi connectivity index (χ4v) is 3.76. The minimum atomic E-state index is -0.251. The van der Waals surface area contributed by atoms with Crippen molar-refractivity contribution in [2.24, 2.45) is 0 Å². The molecule has 0 atom stereocenters. The smallest absolute Gasteiger partial charge is 0.256 e. The van der Waals surface area contributed by atoms with Crippen molar-refractivity contribution in [2.75, 3.05) is 5.32 Å². The van der Waals surface area contributed by atoms with E-state index in [-0.39, 0.29) is 5.91 Å². The van der Waals surface area contributed by atoms with E-state index in [1.165, 1.54) is 16.9 Å². The molecule has 0 bridgehead atoms. The molecule has 4 rings (SSSR count). The van der Waals surface area contributed by atoms with Gasteiger partial charge in [0.15, 0.2) is 0 Å². The van der Waals surface area contributed by atoms with Gasteiger partial charge in [-0.15, -0.1) is 11.3 Å². The first-order chi connectivity index (χ1) is 13.5. The Morgan fingerprint density at radius 1 is 1.11 bits per heavy atom. The van der Waals surface area contributed by atoms with Gasteiger partial charge in [-0.1, -0.05) is 47.5 Å². The number of carbonyl (C=O) groups is 1. The number of thiazole rings is 1. The molecule has 140 valence electrons. The number of hydrogen-bond donors (Lipinski definition) is 1. The van der Waals surface area contributed by atoms with Crippen molar-refractivity contribution in [3.8, 4) is 16.4 Å². The quantitative estimate of drug-likeness (QED) is 0.483. The van der Waals surface area contributed by atoms with Crippen LogP contribution in [0.3, 0.4) is 0 Å². The molecule has 2 aromatic carbocycles. The maximum absolute atomic E-state index is 12.6. The predicted octanol–water partition coefficient (Wildman–Crippen LogP) is 5.52. The maximum atomic E-state index is 12.6. The Hall–Kier alpha value is -2.96. The number of benzene rings is 2. The molecule has 0 saturated carbocycles. The van der Waals surface area contributed by atoms with Crippen LogP contribution in [0.4, 0.5) is 5.82 Å². The number of hydrogen-bond acceptors (Lipinski definition) is 4. The lowest BCUT2D eigenvalue weighted by Gasteiger charge is -2.07. The van der Waals surface area contributed by atoms with Crippen LogP contribution in [0, 0.1) is 13.8 Å². The minimum Gasteiger partial charge on any atom is -0.306 e. The molecule has 2 aromatic heterocycles. The number of rotatable bonds is 4. The third-order valence-corrected chi connectivity index (χ3v) is 5.23. The molecule has 2 heterocycles. The van der Waals surface area contributed by atoms with Crippen LogP contribution in [0.2, 0.25) is 5.02 Å². The Bertz CT molecular complexity index is 1150. The minimum absolute atomic E-state index is 0.251. The molecular weight excluding hydrogens is 392 g/mol. The van der Waals surface area contributed by atoms with Crippen LogP contribution >= 0.6 is 22.9 Å². The number of anilines is 1. The van der Waals surface area contributed by atoms with Crippen molar-refractivity contribution < 1.29 is 4.79 Å². The van der Waals surface area contributed by atoms with Gasteiger partial charge in [-0.3, -0.25) is 4.79 Å². The van der Waals surface area contributed by atoms with E-state index in [1.54, 1.807) is 28.9 Å². The second-order valence-corrected chi connectivity index (χ2v) is 7.70. The Balaban J connectivity index is 1.63. The molecule has 4 aromatic rings. The van der Waals surface area contributed by atoms with Gasteiger partial charge < -0.3 is 5.32 Å². The highest BCUT2D eigenvalue weighted by Crippen LogP contribution is 2.27. The monoisotopic (exact) mass is 408 g/mol. The van der Waals surface area contributed by atoms with Gasteiger partial charge in [0.05, 0.1) is 11.4 Å². The van der Waals surface area contributed by atoms with Crippen molar-refractivity contribution in [2.45, 2.75) is 13.8 Å². The van der Waals surface area contributed by atoms with Crippen LogP contribution in [0.25, 0.3) is 16.4 Å². The lowest BCUT2D eigenvalue weighted by molar-refractivity contribution is 0.102. The van der Waals surface area contributed by atoms with Crippen LogP contribution in [-0.4, -0.2) is 20.7 Å². The van der Waals surface area contributed by atoms with Crippen LogP contribution in [0.5, 0.6) is 0 Å². The van der Waals surface area contributed by atoms with Gasteiger partial charge in [-0.2, -0.15) is 9.78 Å². The van der Waals surface area contributed by atoms with Crippen LogP contribution in [-0.2, 0) is 0 Å². The highest BCUT2D eigenvalue weighted by atomic mass is 35.5. The van der Waals surface area contributed by atoms with Gasteiger partial charge in [-0.25, -0.2) is 4.98 Å². The average Bonchev–Trinajstić information content (AvgIpc) is 3.29. The summed E-state index contributed by atoms with van der Waals surface area (Å²) < 4.78 is 1.65. The molecule has 1 N–H and O–H groups in total. The molecule has 1 amide bonds. The van der Waals surface area contributed by atoms with Crippen LogP contribution < -0.4 is 5.32 Å². The largest absolute Gasteiger partial charge is 0.306 e. The first-order valence-electron chi connectivity index (χ1n) is 8.66. The zero-order chi connectivity index (χ0) is 19.7. The molecule has 0 radical (unpaired) electrons. The molecule has 0 aliphatic heterocycles. The molecule has 0 saturated heterocycles. The summed E-state index contributed by atoms with van der Waals surface area (Å²) in [5, 5.41) is 10.6. The summed E-state index contributed by atoms with van der Waals surface area (Å²) in [6, 6.07) is 16.8. The van der Waals surface area contributed by atoms with Gasteiger partial charge in [0.25, 0.3) is 5.91 Å². The fourth-order valence-electron chi connectivity index (χ4n) is 2.77. The third kappa shape index (κ3) is 3.83. The number of halogens is 1. The highest BCUT2D eigenvalue weighted by molar-refractivity contribution is 7.12. The molecule has 0 fully saturated rings. The van der Waals surface area contributed by atoms with E-state index < -0.39 is 0 Å². The van der Waals surface area contributed by atoms with Gasteiger partial charge in [0.1, 0.15) is 5.82 Å². The zero-order valence-electron chi connectivity index (χ0n) is 15.3. The molecule has 0 aliphatic rings. The Kier molecular flexibility index (Phi) is 4.98. The third-order valence-electron chi connectivity index (χ3n) is 4.18. The second kappa shape index (κ2) is 7.58. The van der Waals surface area contributed by atoms with Crippen molar-refractivity contribution in [3.05, 3.63) is 81.8 Å². The normalized spacial score (nSPS) is 10.8. The number of aromatic nitrogens is 3. The van der Waals surface area contributed by atoms with Crippen LogP contribution in [0.15, 0.2) is 60.0 Å². The Morgan fingerprint density at radius 2 is 1.89 bits per heavy atom. The van der Waals surface area contributed by atoms with E-state index in [0.717, 1.165) is 17.0 Å². The lowest BCUT2D eigenvalue weighted by Crippen LogP contribution is -2.15.